The van der Waals surface area contributed by atoms with Gasteiger partial charge in [0.1, 0.15) is 0 Å². The smallest absolute Gasteiger partial charge is 0.243 e. The number of rotatable bonds is 5. The molecule has 0 saturated heterocycles. The lowest BCUT2D eigenvalue weighted by Crippen LogP contribution is -2.29. The molecule has 0 radical (unpaired) electrons. The predicted molar refractivity (Wildman–Crippen MR) is 100 cm³/mol. The van der Waals surface area contributed by atoms with Crippen molar-refractivity contribution >= 4 is 33.4 Å². The van der Waals surface area contributed by atoms with Crippen molar-refractivity contribution in [1.82, 2.24) is 4.31 Å². The zero-order valence-electron chi connectivity index (χ0n) is 14.1. The summed E-state index contributed by atoms with van der Waals surface area (Å²) in [4.78, 5) is 13.1. The molecule has 2 aromatic carbocycles. The second kappa shape index (κ2) is 7.19. The third-order valence-electron chi connectivity index (χ3n) is 4.10. The number of nitrogens with one attached hydrogen (secondary N) is 1. The van der Waals surface area contributed by atoms with Crippen molar-refractivity contribution in [2.45, 2.75) is 34.9 Å². The molecule has 3 rings (SSSR count). The first kappa shape index (κ1) is 18.0. The molecule has 0 aliphatic carbocycles. The number of benzene rings is 2. The van der Waals surface area contributed by atoms with E-state index in [1.165, 1.54) is 16.1 Å². The summed E-state index contributed by atoms with van der Waals surface area (Å²) >= 11 is 1.47. The van der Waals surface area contributed by atoms with Gasteiger partial charge in [-0.05, 0) is 30.2 Å². The Morgan fingerprint density at radius 1 is 1.16 bits per heavy atom. The molecule has 1 heterocycles. The number of hydrogen-bond acceptors (Lipinski definition) is 4. The monoisotopic (exact) mass is 376 g/mol. The van der Waals surface area contributed by atoms with Gasteiger partial charge in [-0.25, -0.2) is 8.42 Å². The Kier molecular flexibility index (Phi) is 5.17. The Morgan fingerprint density at radius 3 is 2.56 bits per heavy atom. The fourth-order valence-electron chi connectivity index (χ4n) is 2.66. The molecule has 0 aromatic heterocycles. The minimum absolute atomic E-state index is 0.0767. The summed E-state index contributed by atoms with van der Waals surface area (Å²) in [6, 6.07) is 14.4. The fraction of sp³-hybridized carbons (Fsp3) is 0.278. The Bertz CT molecular complexity index is 882. The number of amides is 1. The van der Waals surface area contributed by atoms with E-state index in [0.29, 0.717) is 12.2 Å². The van der Waals surface area contributed by atoms with Gasteiger partial charge in [0.15, 0.2) is 0 Å². The van der Waals surface area contributed by atoms with Crippen LogP contribution < -0.4 is 5.32 Å². The lowest BCUT2D eigenvalue weighted by Gasteiger charge is -2.24. The third-order valence-corrected chi connectivity index (χ3v) is 7.34. The lowest BCUT2D eigenvalue weighted by molar-refractivity contribution is -0.115. The van der Waals surface area contributed by atoms with E-state index in [9.17, 15) is 13.2 Å². The molecule has 1 aliphatic rings. The average Bonchev–Trinajstić information content (AvgIpc) is 2.61. The third kappa shape index (κ3) is 3.73. The molecule has 0 fully saturated rings. The number of thioether (sulfide) groups is 1. The van der Waals surface area contributed by atoms with Crippen LogP contribution in [0.15, 0.2) is 58.3 Å². The van der Waals surface area contributed by atoms with Gasteiger partial charge in [0.05, 0.1) is 15.8 Å². The topological polar surface area (TPSA) is 66.5 Å². The molecule has 7 heteroatoms. The molecule has 1 atom stereocenters. The van der Waals surface area contributed by atoms with Gasteiger partial charge < -0.3 is 5.32 Å². The van der Waals surface area contributed by atoms with Crippen LogP contribution in [-0.4, -0.2) is 30.9 Å². The summed E-state index contributed by atoms with van der Waals surface area (Å²) in [5.41, 5.74) is 1.48. The van der Waals surface area contributed by atoms with E-state index >= 15 is 0 Å². The molecule has 25 heavy (non-hydrogen) atoms. The Hall–Kier alpha value is -1.83. The highest BCUT2D eigenvalue weighted by molar-refractivity contribution is 8.01. The van der Waals surface area contributed by atoms with Crippen molar-refractivity contribution in [1.29, 1.82) is 0 Å². The average molecular weight is 377 g/mol. The Balaban J connectivity index is 1.86. The molecule has 1 amide bonds. The van der Waals surface area contributed by atoms with Gasteiger partial charge in [0.25, 0.3) is 0 Å². The van der Waals surface area contributed by atoms with E-state index in [2.05, 4.69) is 5.32 Å². The summed E-state index contributed by atoms with van der Waals surface area (Å²) in [6.45, 7) is 2.25. The van der Waals surface area contributed by atoms with Gasteiger partial charge in [-0.1, -0.05) is 37.3 Å². The molecule has 1 aliphatic heterocycles. The number of hydrogen-bond donors (Lipinski definition) is 1. The van der Waals surface area contributed by atoms with Crippen LogP contribution in [-0.2, 0) is 21.4 Å². The summed E-state index contributed by atoms with van der Waals surface area (Å²) in [5, 5.41) is 2.69. The minimum Gasteiger partial charge on any atom is -0.324 e. The second-order valence-electron chi connectivity index (χ2n) is 5.91. The van der Waals surface area contributed by atoms with Crippen molar-refractivity contribution in [2.24, 2.45) is 0 Å². The van der Waals surface area contributed by atoms with Crippen molar-refractivity contribution in [3.8, 4) is 0 Å². The molecule has 0 bridgehead atoms. The number of nitrogens with zero attached hydrogens (tertiary/aromatic N) is 1. The minimum atomic E-state index is -3.63. The van der Waals surface area contributed by atoms with Gasteiger partial charge in [-0.2, -0.15) is 4.31 Å². The maximum Gasteiger partial charge on any atom is 0.243 e. The Labute approximate surface area is 152 Å². The van der Waals surface area contributed by atoms with E-state index in [1.807, 2.05) is 37.3 Å². The van der Waals surface area contributed by atoms with Gasteiger partial charge in [-0.15, -0.1) is 11.8 Å². The van der Waals surface area contributed by atoms with Crippen LogP contribution in [0, 0.1) is 0 Å². The Morgan fingerprint density at radius 2 is 1.88 bits per heavy atom. The molecule has 0 spiro atoms. The molecule has 0 saturated carbocycles. The molecule has 0 unspecified atom stereocenters. The first-order valence-corrected chi connectivity index (χ1v) is 10.4. The van der Waals surface area contributed by atoms with Crippen LogP contribution in [0.5, 0.6) is 0 Å². The van der Waals surface area contributed by atoms with E-state index < -0.39 is 10.0 Å². The lowest BCUT2D eigenvalue weighted by atomic mass is 10.2. The molecular weight excluding hydrogens is 356 g/mol. The normalized spacial score (nSPS) is 17.2. The fourth-order valence-corrected chi connectivity index (χ4v) is 4.87. The summed E-state index contributed by atoms with van der Waals surface area (Å²) < 4.78 is 27.0. The number of carbonyl (C=O) groups excluding carboxylic acids is 1. The zero-order chi connectivity index (χ0) is 18.0. The maximum absolute atomic E-state index is 12.8. The summed E-state index contributed by atoms with van der Waals surface area (Å²) in [6.07, 6.45) is 0.732. The van der Waals surface area contributed by atoms with Gasteiger partial charge in [0.2, 0.25) is 15.9 Å². The standard InChI is InChI=1S/C18H20N2O3S2/c1-3-16-18(21)19-15-11-14(9-10-17(15)24-16)25(22,23)20(2)12-13-7-5-4-6-8-13/h4-11,16H,3,12H2,1-2H3,(H,19,21)/t16-/m1/s1. The van der Waals surface area contributed by atoms with E-state index in [0.717, 1.165) is 16.9 Å². The van der Waals surface area contributed by atoms with Crippen LogP contribution in [0.3, 0.4) is 0 Å². The molecule has 1 N–H and O–H groups in total. The largest absolute Gasteiger partial charge is 0.324 e. The van der Waals surface area contributed by atoms with Crippen LogP contribution in [0.2, 0.25) is 0 Å². The molecule has 2 aromatic rings. The van der Waals surface area contributed by atoms with E-state index in [4.69, 9.17) is 0 Å². The first-order chi connectivity index (χ1) is 11.9. The summed E-state index contributed by atoms with van der Waals surface area (Å²) in [5.74, 6) is -0.0767. The number of anilines is 1. The first-order valence-electron chi connectivity index (χ1n) is 8.03. The van der Waals surface area contributed by atoms with Crippen LogP contribution >= 0.6 is 11.8 Å². The number of carbonyl (C=O) groups is 1. The van der Waals surface area contributed by atoms with Crippen molar-refractivity contribution in [2.75, 3.05) is 12.4 Å². The van der Waals surface area contributed by atoms with Gasteiger partial charge >= 0.3 is 0 Å². The van der Waals surface area contributed by atoms with Crippen molar-refractivity contribution in [3.63, 3.8) is 0 Å². The second-order valence-corrected chi connectivity index (χ2v) is 9.20. The van der Waals surface area contributed by atoms with Crippen molar-refractivity contribution in [3.05, 3.63) is 54.1 Å². The van der Waals surface area contributed by atoms with Crippen LogP contribution in [0.25, 0.3) is 0 Å². The van der Waals surface area contributed by atoms with Crippen LogP contribution in [0.1, 0.15) is 18.9 Å². The van der Waals surface area contributed by atoms with Crippen molar-refractivity contribution < 1.29 is 13.2 Å². The van der Waals surface area contributed by atoms with Crippen LogP contribution in [0.4, 0.5) is 5.69 Å². The molecule has 132 valence electrons. The zero-order valence-corrected chi connectivity index (χ0v) is 15.7. The predicted octanol–water partition coefficient (Wildman–Crippen LogP) is 3.33. The maximum atomic E-state index is 12.8. The van der Waals surface area contributed by atoms with E-state index in [1.54, 1.807) is 25.2 Å². The summed E-state index contributed by atoms with van der Waals surface area (Å²) in [7, 11) is -2.08. The SMILES string of the molecule is CC[C@H]1Sc2ccc(S(=O)(=O)N(C)Cc3ccccc3)cc2NC1=O. The highest BCUT2D eigenvalue weighted by Gasteiger charge is 2.28. The molecule has 5 nitrogen and oxygen atoms in total. The van der Waals surface area contributed by atoms with E-state index in [-0.39, 0.29) is 16.1 Å². The van der Waals surface area contributed by atoms with Gasteiger partial charge in [-0.3, -0.25) is 4.79 Å². The highest BCUT2D eigenvalue weighted by Crippen LogP contribution is 2.38. The quantitative estimate of drug-likeness (QED) is 0.869. The highest BCUT2D eigenvalue weighted by atomic mass is 32.2. The molecular formula is C18H20N2O3S2. The number of sulfonamides is 1. The van der Waals surface area contributed by atoms with Gasteiger partial charge in [0, 0.05) is 18.5 Å². The number of fused-ring (bicyclic) bond motifs is 1.